The van der Waals surface area contributed by atoms with Gasteiger partial charge in [0.05, 0.1) is 11.3 Å². The van der Waals surface area contributed by atoms with Crippen LogP contribution in [0.3, 0.4) is 0 Å². The number of allylic oxidation sites excluding steroid dienone is 2. The van der Waals surface area contributed by atoms with Crippen molar-refractivity contribution in [3.05, 3.63) is 71.6 Å². The van der Waals surface area contributed by atoms with Crippen LogP contribution in [-0.4, -0.2) is 53.4 Å². The number of aliphatic imine (C=N–C) groups is 1. The first-order valence-corrected chi connectivity index (χ1v) is 13.4. The Kier molecular flexibility index (Phi) is 12.3. The van der Waals surface area contributed by atoms with E-state index in [0.717, 1.165) is 6.07 Å². The predicted octanol–water partition coefficient (Wildman–Crippen LogP) is 4.86. The SMILES string of the molecule is C=CCCN(/C(=N/C(C(=N)C(C)C)=C(/N)C(C)C)c1cc(F)c(-c2ccccc2F)nc1NC=O)C(C)CNC=O. The minimum atomic E-state index is -0.849. The minimum Gasteiger partial charge on any atom is -0.400 e. The number of pyridine rings is 1. The highest BCUT2D eigenvalue weighted by atomic mass is 19.1. The summed E-state index contributed by atoms with van der Waals surface area (Å²) in [4.78, 5) is 33.8. The van der Waals surface area contributed by atoms with Crippen LogP contribution in [0.2, 0.25) is 0 Å². The molecule has 2 amide bonds. The van der Waals surface area contributed by atoms with Gasteiger partial charge in [-0.3, -0.25) is 9.59 Å². The molecule has 0 aliphatic heterocycles. The minimum absolute atomic E-state index is 0.0731. The Bertz CT molecular complexity index is 1320. The second kappa shape index (κ2) is 15.4. The number of nitrogens with two attached hydrogens (primary N) is 1. The quantitative estimate of drug-likeness (QED) is 0.106. The number of hydrogen-bond acceptors (Lipinski definition) is 6. The van der Waals surface area contributed by atoms with E-state index < -0.39 is 11.6 Å². The van der Waals surface area contributed by atoms with Gasteiger partial charge in [0.2, 0.25) is 12.8 Å². The standard InChI is InChI=1S/C30H39F2N7O2/c1-7-8-13-39(20(6)15-35-16-40)30(38-28(25(33)18(2)3)26(34)19(4)5)22-14-24(32)27(37-29(22)36-17-41)21-11-9-10-12-23(21)31/h7,9-12,14,16-20,33H,1,8,13,15,34H2,2-6H3,(H,35,40)(H,36,37,41)/b28-26+,33-25?,38-30+. The Hall–Kier alpha value is -4.41. The molecule has 5 N–H and O–H groups in total. The van der Waals surface area contributed by atoms with E-state index in [1.54, 1.807) is 17.0 Å². The molecule has 0 aliphatic carbocycles. The number of carbonyl (C=O) groups excluding carboxylic acids is 2. The molecule has 11 heteroatoms. The molecule has 2 aromatic rings. The molecule has 0 bridgehead atoms. The molecular formula is C30H39F2N7O2. The van der Waals surface area contributed by atoms with Gasteiger partial charge < -0.3 is 26.7 Å². The normalized spacial score (nSPS) is 13.0. The van der Waals surface area contributed by atoms with Crippen LogP contribution in [0.15, 0.2) is 59.4 Å². The maximum Gasteiger partial charge on any atom is 0.212 e. The van der Waals surface area contributed by atoms with Crippen molar-refractivity contribution >= 4 is 30.2 Å². The van der Waals surface area contributed by atoms with Crippen molar-refractivity contribution in [2.24, 2.45) is 22.6 Å². The maximum absolute atomic E-state index is 15.8. The van der Waals surface area contributed by atoms with E-state index in [4.69, 9.17) is 16.1 Å². The molecule has 220 valence electrons. The number of aromatic nitrogens is 1. The van der Waals surface area contributed by atoms with Gasteiger partial charge in [-0.15, -0.1) is 6.58 Å². The van der Waals surface area contributed by atoms with Crippen LogP contribution in [0.25, 0.3) is 11.3 Å². The topological polar surface area (TPSA) is 137 Å². The van der Waals surface area contributed by atoms with E-state index in [-0.39, 0.29) is 64.3 Å². The Balaban J connectivity index is 3.02. The van der Waals surface area contributed by atoms with Crippen LogP contribution in [0.5, 0.6) is 0 Å². The summed E-state index contributed by atoms with van der Waals surface area (Å²) in [5, 5.41) is 13.9. The van der Waals surface area contributed by atoms with E-state index >= 15 is 4.39 Å². The molecule has 1 atom stereocenters. The number of halogens is 2. The smallest absolute Gasteiger partial charge is 0.212 e. The number of benzene rings is 1. The van der Waals surface area contributed by atoms with Crippen molar-refractivity contribution in [2.45, 2.75) is 47.1 Å². The van der Waals surface area contributed by atoms with Crippen LogP contribution < -0.4 is 16.4 Å². The van der Waals surface area contributed by atoms with Gasteiger partial charge in [-0.25, -0.2) is 18.8 Å². The first-order valence-electron chi connectivity index (χ1n) is 13.4. The first kappa shape index (κ1) is 32.8. The molecule has 0 aliphatic rings. The number of rotatable bonds is 15. The van der Waals surface area contributed by atoms with Crippen LogP contribution in [0, 0.1) is 28.9 Å². The van der Waals surface area contributed by atoms with E-state index in [0.29, 0.717) is 31.5 Å². The van der Waals surface area contributed by atoms with Gasteiger partial charge >= 0.3 is 0 Å². The zero-order chi connectivity index (χ0) is 30.7. The lowest BCUT2D eigenvalue weighted by Gasteiger charge is -2.33. The largest absolute Gasteiger partial charge is 0.400 e. The number of amides is 2. The van der Waals surface area contributed by atoms with Crippen molar-refractivity contribution in [1.82, 2.24) is 15.2 Å². The predicted molar refractivity (Wildman–Crippen MR) is 159 cm³/mol. The van der Waals surface area contributed by atoms with Gasteiger partial charge in [0, 0.05) is 30.4 Å². The van der Waals surface area contributed by atoms with Gasteiger partial charge in [0.15, 0.2) is 0 Å². The van der Waals surface area contributed by atoms with Crippen molar-refractivity contribution in [3.8, 4) is 11.3 Å². The number of nitrogens with one attached hydrogen (secondary N) is 3. The van der Waals surface area contributed by atoms with Crippen molar-refractivity contribution < 1.29 is 18.4 Å². The fourth-order valence-electron chi connectivity index (χ4n) is 3.97. The van der Waals surface area contributed by atoms with Crippen molar-refractivity contribution in [1.29, 1.82) is 5.41 Å². The van der Waals surface area contributed by atoms with Crippen LogP contribution in [0.1, 0.15) is 46.6 Å². The van der Waals surface area contributed by atoms with Crippen molar-refractivity contribution in [2.75, 3.05) is 18.4 Å². The zero-order valence-corrected chi connectivity index (χ0v) is 24.2. The fourth-order valence-corrected chi connectivity index (χ4v) is 3.97. The Labute approximate surface area is 240 Å². The van der Waals surface area contributed by atoms with Crippen LogP contribution in [-0.2, 0) is 9.59 Å². The number of nitrogens with zero attached hydrogens (tertiary/aromatic N) is 3. The molecule has 0 spiro atoms. The van der Waals surface area contributed by atoms with E-state index in [1.807, 2.05) is 34.6 Å². The molecule has 0 fully saturated rings. The second-order valence-electron chi connectivity index (χ2n) is 10.1. The summed E-state index contributed by atoms with van der Waals surface area (Å²) in [5.41, 5.74) is 6.89. The van der Waals surface area contributed by atoms with Crippen LogP contribution >= 0.6 is 0 Å². The van der Waals surface area contributed by atoms with E-state index in [9.17, 15) is 14.0 Å². The summed E-state index contributed by atoms with van der Waals surface area (Å²) < 4.78 is 30.4. The summed E-state index contributed by atoms with van der Waals surface area (Å²) in [7, 11) is 0. The summed E-state index contributed by atoms with van der Waals surface area (Å²) in [5.74, 6) is -1.86. The van der Waals surface area contributed by atoms with Gasteiger partial charge in [-0.2, -0.15) is 0 Å². The Morgan fingerprint density at radius 3 is 2.37 bits per heavy atom. The molecule has 0 saturated carbocycles. The molecule has 41 heavy (non-hydrogen) atoms. The average Bonchev–Trinajstić information content (AvgIpc) is 2.94. The molecule has 2 rings (SSSR count). The lowest BCUT2D eigenvalue weighted by molar-refractivity contribution is -0.109. The Morgan fingerprint density at radius 1 is 1.12 bits per heavy atom. The molecule has 1 unspecified atom stereocenters. The highest BCUT2D eigenvalue weighted by molar-refractivity contribution is 6.09. The molecule has 0 saturated heterocycles. The number of amidine groups is 1. The van der Waals surface area contributed by atoms with Gasteiger partial charge in [0.1, 0.15) is 34.7 Å². The monoisotopic (exact) mass is 567 g/mol. The van der Waals surface area contributed by atoms with Gasteiger partial charge in [0.25, 0.3) is 0 Å². The molecule has 9 nitrogen and oxygen atoms in total. The fraction of sp³-hybridized carbons (Fsp3) is 0.367. The summed E-state index contributed by atoms with van der Waals surface area (Å²) >= 11 is 0. The summed E-state index contributed by atoms with van der Waals surface area (Å²) in [6.07, 6.45) is 3.14. The van der Waals surface area contributed by atoms with E-state index in [1.165, 1.54) is 18.2 Å². The second-order valence-corrected chi connectivity index (χ2v) is 10.1. The molecule has 1 aromatic heterocycles. The lowest BCUT2D eigenvalue weighted by atomic mass is 9.99. The first-order chi connectivity index (χ1) is 19.5. The summed E-state index contributed by atoms with van der Waals surface area (Å²) in [6.45, 7) is 13.6. The maximum atomic E-state index is 15.8. The third-order valence-corrected chi connectivity index (χ3v) is 6.36. The molecule has 0 radical (unpaired) electrons. The third-order valence-electron chi connectivity index (χ3n) is 6.36. The number of carbonyl (C=O) groups is 2. The number of anilines is 1. The highest BCUT2D eigenvalue weighted by Gasteiger charge is 2.27. The van der Waals surface area contributed by atoms with E-state index in [2.05, 4.69) is 22.2 Å². The Morgan fingerprint density at radius 2 is 1.80 bits per heavy atom. The number of hydrogen-bond donors (Lipinski definition) is 4. The van der Waals surface area contributed by atoms with Gasteiger partial charge in [-0.1, -0.05) is 45.9 Å². The molecule has 1 heterocycles. The molecular weight excluding hydrogens is 528 g/mol. The highest BCUT2D eigenvalue weighted by Crippen LogP contribution is 2.30. The zero-order valence-electron chi connectivity index (χ0n) is 24.2. The average molecular weight is 568 g/mol. The molecule has 1 aromatic carbocycles. The van der Waals surface area contributed by atoms with Crippen LogP contribution in [0.4, 0.5) is 14.6 Å². The lowest BCUT2D eigenvalue weighted by Crippen LogP contribution is -2.45. The third kappa shape index (κ3) is 8.29. The van der Waals surface area contributed by atoms with Crippen molar-refractivity contribution in [3.63, 3.8) is 0 Å². The summed E-state index contributed by atoms with van der Waals surface area (Å²) in [6, 6.07) is 6.34. The van der Waals surface area contributed by atoms with Gasteiger partial charge in [-0.05, 0) is 43.4 Å².